The highest BCUT2D eigenvalue weighted by molar-refractivity contribution is 7.89. The summed E-state index contributed by atoms with van der Waals surface area (Å²) in [5.41, 5.74) is -0.0337. The van der Waals surface area contributed by atoms with Gasteiger partial charge in [0.2, 0.25) is 10.0 Å². The van der Waals surface area contributed by atoms with E-state index in [4.69, 9.17) is 4.74 Å². The van der Waals surface area contributed by atoms with Crippen LogP contribution < -0.4 is 10.1 Å². The lowest BCUT2D eigenvalue weighted by atomic mass is 10.1. The molecule has 3 rings (SSSR count). The molecule has 12 heteroatoms. The number of morpholine rings is 1. The Morgan fingerprint density at radius 1 is 1.12 bits per heavy atom. The standard InChI is InChI=1S/C20H20F4N2O5S/c1-13(14-2-4-15(5-3-14)31-20(22,23)24)25-19(27)17-12-16(6-7-18(17)21)32(28,29)26-8-10-30-11-9-26/h2-7,12-13H,8-11H2,1H3,(H,25,27). The zero-order valence-electron chi connectivity index (χ0n) is 16.9. The fraction of sp³-hybridized carbons (Fsp3) is 0.350. The SMILES string of the molecule is CC(NC(=O)c1cc(S(=O)(=O)N2CCOCC2)ccc1F)c1ccc(OC(F)(F)F)cc1. The molecule has 0 spiro atoms. The van der Waals surface area contributed by atoms with Crippen LogP contribution in [0.25, 0.3) is 0 Å². The van der Waals surface area contributed by atoms with E-state index in [1.807, 2.05) is 0 Å². The van der Waals surface area contributed by atoms with Crippen LogP contribution >= 0.6 is 0 Å². The lowest BCUT2D eigenvalue weighted by Crippen LogP contribution is -2.40. The van der Waals surface area contributed by atoms with Gasteiger partial charge in [-0.25, -0.2) is 12.8 Å². The van der Waals surface area contributed by atoms with Gasteiger partial charge in [-0.2, -0.15) is 4.31 Å². The van der Waals surface area contributed by atoms with Crippen molar-refractivity contribution in [2.75, 3.05) is 26.3 Å². The first kappa shape index (κ1) is 24.0. The summed E-state index contributed by atoms with van der Waals surface area (Å²) in [6.45, 7) is 2.30. The Balaban J connectivity index is 1.75. The Morgan fingerprint density at radius 3 is 2.34 bits per heavy atom. The molecule has 2 aromatic carbocycles. The highest BCUT2D eigenvalue weighted by Gasteiger charge is 2.31. The Bertz CT molecular complexity index is 1070. The molecule has 1 aliphatic rings. The highest BCUT2D eigenvalue weighted by Crippen LogP contribution is 2.25. The van der Waals surface area contributed by atoms with Crippen LogP contribution in [0.5, 0.6) is 5.75 Å². The number of amides is 1. The first-order chi connectivity index (χ1) is 15.0. The molecule has 1 saturated heterocycles. The summed E-state index contributed by atoms with van der Waals surface area (Å²) in [5.74, 6) is -2.21. The van der Waals surface area contributed by atoms with Gasteiger partial charge in [-0.1, -0.05) is 12.1 Å². The van der Waals surface area contributed by atoms with Gasteiger partial charge >= 0.3 is 6.36 Å². The summed E-state index contributed by atoms with van der Waals surface area (Å²) in [5, 5.41) is 2.51. The maximum absolute atomic E-state index is 14.3. The summed E-state index contributed by atoms with van der Waals surface area (Å²) in [4.78, 5) is 12.4. The monoisotopic (exact) mass is 476 g/mol. The summed E-state index contributed by atoms with van der Waals surface area (Å²) in [6.07, 6.45) is -4.83. The average molecular weight is 476 g/mol. The predicted octanol–water partition coefficient (Wildman–Crippen LogP) is 3.24. The van der Waals surface area contributed by atoms with E-state index >= 15 is 0 Å². The first-order valence-corrected chi connectivity index (χ1v) is 11.0. The molecular formula is C20H20F4N2O5S. The second kappa shape index (κ2) is 9.43. The van der Waals surface area contributed by atoms with Crippen molar-refractivity contribution in [1.82, 2.24) is 9.62 Å². The van der Waals surface area contributed by atoms with Crippen LogP contribution in [0.1, 0.15) is 28.9 Å². The first-order valence-electron chi connectivity index (χ1n) is 9.51. The van der Waals surface area contributed by atoms with Gasteiger partial charge < -0.3 is 14.8 Å². The zero-order chi connectivity index (χ0) is 23.5. The number of halogens is 4. The maximum Gasteiger partial charge on any atom is 0.573 e. The van der Waals surface area contributed by atoms with Crippen LogP contribution in [-0.4, -0.2) is 51.3 Å². The molecular weight excluding hydrogens is 456 g/mol. The number of hydrogen-bond acceptors (Lipinski definition) is 5. The Labute approximate surface area is 182 Å². The summed E-state index contributed by atoms with van der Waals surface area (Å²) in [6, 6.07) is 7.05. The molecule has 1 heterocycles. The molecule has 0 aromatic heterocycles. The van der Waals surface area contributed by atoms with E-state index in [-0.39, 0.29) is 31.2 Å². The van der Waals surface area contributed by atoms with E-state index in [9.17, 15) is 30.8 Å². The summed E-state index contributed by atoms with van der Waals surface area (Å²) in [7, 11) is -3.93. The van der Waals surface area contributed by atoms with E-state index in [0.29, 0.717) is 5.56 Å². The molecule has 0 aliphatic carbocycles. The number of rotatable bonds is 6. The molecule has 32 heavy (non-hydrogen) atoms. The Morgan fingerprint density at radius 2 is 1.75 bits per heavy atom. The maximum atomic E-state index is 14.3. The fourth-order valence-electron chi connectivity index (χ4n) is 3.09. The van der Waals surface area contributed by atoms with Gasteiger partial charge in [0.1, 0.15) is 11.6 Å². The normalized spacial score (nSPS) is 16.4. The number of nitrogens with zero attached hydrogens (tertiary/aromatic N) is 1. The summed E-state index contributed by atoms with van der Waals surface area (Å²) >= 11 is 0. The molecule has 1 atom stereocenters. The van der Waals surface area contributed by atoms with Crippen LogP contribution in [0.15, 0.2) is 47.4 Å². The van der Waals surface area contributed by atoms with Crippen molar-refractivity contribution in [3.05, 3.63) is 59.4 Å². The van der Waals surface area contributed by atoms with Gasteiger partial charge in [-0.15, -0.1) is 13.2 Å². The number of carbonyl (C=O) groups is 1. The second-order valence-electron chi connectivity index (χ2n) is 6.97. The number of benzene rings is 2. The molecule has 1 aliphatic heterocycles. The van der Waals surface area contributed by atoms with Crippen molar-refractivity contribution in [1.29, 1.82) is 0 Å². The molecule has 0 radical (unpaired) electrons. The van der Waals surface area contributed by atoms with Gasteiger partial charge in [-0.3, -0.25) is 4.79 Å². The molecule has 2 aromatic rings. The minimum Gasteiger partial charge on any atom is -0.406 e. The number of sulfonamides is 1. The topological polar surface area (TPSA) is 84.9 Å². The highest BCUT2D eigenvalue weighted by atomic mass is 32.2. The number of hydrogen-bond donors (Lipinski definition) is 1. The molecule has 1 amide bonds. The minimum absolute atomic E-state index is 0.145. The Hall–Kier alpha value is -2.70. The van der Waals surface area contributed by atoms with E-state index in [2.05, 4.69) is 10.1 Å². The molecule has 0 bridgehead atoms. The third-order valence-corrected chi connectivity index (χ3v) is 6.65. The van der Waals surface area contributed by atoms with E-state index in [1.165, 1.54) is 16.4 Å². The largest absolute Gasteiger partial charge is 0.573 e. The smallest absolute Gasteiger partial charge is 0.406 e. The Kier molecular flexibility index (Phi) is 7.06. The van der Waals surface area contributed by atoms with Crippen molar-refractivity contribution in [3.63, 3.8) is 0 Å². The second-order valence-corrected chi connectivity index (χ2v) is 8.91. The van der Waals surface area contributed by atoms with Crippen LogP contribution in [0.4, 0.5) is 17.6 Å². The van der Waals surface area contributed by atoms with Crippen LogP contribution in [0.2, 0.25) is 0 Å². The van der Waals surface area contributed by atoms with Crippen molar-refractivity contribution in [3.8, 4) is 5.75 Å². The number of alkyl halides is 3. The number of ether oxygens (including phenoxy) is 2. The van der Waals surface area contributed by atoms with E-state index in [0.717, 1.165) is 30.3 Å². The van der Waals surface area contributed by atoms with Crippen LogP contribution in [0.3, 0.4) is 0 Å². The van der Waals surface area contributed by atoms with Gasteiger partial charge in [0.05, 0.1) is 29.7 Å². The van der Waals surface area contributed by atoms with Gasteiger partial charge in [0.25, 0.3) is 5.91 Å². The fourth-order valence-corrected chi connectivity index (χ4v) is 4.53. The van der Waals surface area contributed by atoms with Crippen molar-refractivity contribution in [2.24, 2.45) is 0 Å². The van der Waals surface area contributed by atoms with Crippen molar-refractivity contribution in [2.45, 2.75) is 24.2 Å². The third-order valence-electron chi connectivity index (χ3n) is 4.75. The molecule has 174 valence electrons. The van der Waals surface area contributed by atoms with Crippen molar-refractivity contribution < 1.29 is 40.2 Å². The molecule has 1 unspecified atom stereocenters. The molecule has 7 nitrogen and oxygen atoms in total. The van der Waals surface area contributed by atoms with Crippen LogP contribution in [-0.2, 0) is 14.8 Å². The molecule has 1 N–H and O–H groups in total. The van der Waals surface area contributed by atoms with Gasteiger partial charge in [0, 0.05) is 13.1 Å². The predicted molar refractivity (Wildman–Crippen MR) is 105 cm³/mol. The van der Waals surface area contributed by atoms with Crippen molar-refractivity contribution >= 4 is 15.9 Å². The zero-order valence-corrected chi connectivity index (χ0v) is 17.7. The van der Waals surface area contributed by atoms with E-state index < -0.39 is 45.5 Å². The molecule has 1 fully saturated rings. The van der Waals surface area contributed by atoms with E-state index in [1.54, 1.807) is 6.92 Å². The lowest BCUT2D eigenvalue weighted by molar-refractivity contribution is -0.274. The average Bonchev–Trinajstić information content (AvgIpc) is 2.73. The third kappa shape index (κ3) is 5.75. The summed E-state index contributed by atoms with van der Waals surface area (Å²) < 4.78 is 86.8. The van der Waals surface area contributed by atoms with Crippen LogP contribution in [0, 0.1) is 5.82 Å². The quantitative estimate of drug-likeness (QED) is 0.648. The molecule has 0 saturated carbocycles. The lowest BCUT2D eigenvalue weighted by Gasteiger charge is -2.26. The minimum atomic E-state index is -4.83. The van der Waals surface area contributed by atoms with Gasteiger partial charge in [-0.05, 0) is 42.8 Å². The van der Waals surface area contributed by atoms with Gasteiger partial charge in [0.15, 0.2) is 0 Å². The number of nitrogens with one attached hydrogen (secondary N) is 1. The number of carbonyl (C=O) groups excluding carboxylic acids is 1.